The van der Waals surface area contributed by atoms with Gasteiger partial charge in [0, 0.05) is 0 Å². The molecule has 0 aliphatic carbocycles. The zero-order valence-corrected chi connectivity index (χ0v) is 8.08. The Balaban J connectivity index is 2.36. The van der Waals surface area contributed by atoms with E-state index in [-0.39, 0.29) is 2.14 Å². The first-order valence-electron chi connectivity index (χ1n) is 1.79. The van der Waals surface area contributed by atoms with Gasteiger partial charge in [0.1, 0.15) is 6.10 Å². The molecule has 1 rings (SSSR count). The summed E-state index contributed by atoms with van der Waals surface area (Å²) in [6.45, 7) is 0.835. The summed E-state index contributed by atoms with van der Waals surface area (Å²) < 4.78 is 4.76. The highest BCUT2D eigenvalue weighted by molar-refractivity contribution is 9.39. The molecule has 0 aromatic rings. The number of rotatable bonds is 0. The van der Waals surface area contributed by atoms with Gasteiger partial charge in [-0.25, -0.2) is 0 Å². The first kappa shape index (κ1) is 6.52. The molecule has 1 unspecified atom stereocenters. The van der Waals surface area contributed by atoms with Crippen LogP contribution in [0.2, 0.25) is 0 Å². The van der Waals surface area contributed by atoms with Gasteiger partial charge in [-0.1, -0.05) is 47.8 Å². The van der Waals surface area contributed by atoms with E-state index in [0.29, 0.717) is 6.10 Å². The average molecular weight is 295 g/mol. The molecule has 0 radical (unpaired) electrons. The molecule has 1 atom stereocenters. The monoisotopic (exact) mass is 292 g/mol. The van der Waals surface area contributed by atoms with E-state index in [1.807, 2.05) is 0 Å². The Hall–Kier alpha value is 1.40. The minimum atomic E-state index is -0.174. The maximum atomic E-state index is 4.93. The zero-order chi connectivity index (χ0) is 5.49. The average Bonchev–Trinajstić information content (AvgIpc) is 1.99. The third-order valence-corrected chi connectivity index (χ3v) is 2.23. The second-order valence-electron chi connectivity index (χ2n) is 1.36. The van der Waals surface area contributed by atoms with Crippen molar-refractivity contribution in [1.29, 1.82) is 0 Å². The highest BCUT2D eigenvalue weighted by Crippen LogP contribution is 2.43. The van der Waals surface area contributed by atoms with Gasteiger partial charge in [-0.2, -0.15) is 0 Å². The predicted molar refractivity (Wildman–Crippen MR) is 39.3 cm³/mol. The van der Waals surface area contributed by atoms with Gasteiger partial charge in [0.15, 0.2) is 2.14 Å². The van der Waals surface area contributed by atoms with Crippen LogP contribution < -0.4 is 0 Å². The molecule has 0 bridgehead atoms. The van der Waals surface area contributed by atoms with Crippen LogP contribution in [0.4, 0.5) is 0 Å². The predicted octanol–water partition coefficient (Wildman–Crippen LogP) is 2.22. The standard InChI is InChI=1S/C3H3Br3O/c4-3(5,6)2-1-7-2/h2H,1H2. The van der Waals surface area contributed by atoms with Crippen molar-refractivity contribution >= 4 is 47.8 Å². The maximum absolute atomic E-state index is 4.93. The van der Waals surface area contributed by atoms with E-state index < -0.39 is 0 Å². The molecule has 0 amide bonds. The van der Waals surface area contributed by atoms with E-state index in [9.17, 15) is 0 Å². The van der Waals surface area contributed by atoms with E-state index in [0.717, 1.165) is 6.61 Å². The van der Waals surface area contributed by atoms with E-state index >= 15 is 0 Å². The summed E-state index contributed by atoms with van der Waals surface area (Å²) >= 11 is 9.94. The molecule has 0 aromatic carbocycles. The molecule has 1 saturated heterocycles. The van der Waals surface area contributed by atoms with Crippen LogP contribution in [0.3, 0.4) is 0 Å². The highest BCUT2D eigenvalue weighted by Gasteiger charge is 2.40. The van der Waals surface area contributed by atoms with Crippen molar-refractivity contribution in [2.24, 2.45) is 0 Å². The van der Waals surface area contributed by atoms with Crippen LogP contribution >= 0.6 is 47.8 Å². The van der Waals surface area contributed by atoms with Crippen LogP contribution in [0.25, 0.3) is 0 Å². The van der Waals surface area contributed by atoms with Gasteiger partial charge in [-0.05, 0) is 0 Å². The summed E-state index contributed by atoms with van der Waals surface area (Å²) in [5.74, 6) is 0. The second kappa shape index (κ2) is 1.97. The lowest BCUT2D eigenvalue weighted by atomic mass is 10.6. The fourth-order valence-corrected chi connectivity index (χ4v) is 1.03. The summed E-state index contributed by atoms with van der Waals surface area (Å²) in [6, 6.07) is 0. The second-order valence-corrected chi connectivity index (χ2v) is 8.31. The molecule has 0 saturated carbocycles. The zero-order valence-electron chi connectivity index (χ0n) is 3.33. The summed E-state index contributed by atoms with van der Waals surface area (Å²) in [5.41, 5.74) is 0. The molecular formula is C3H3Br3O. The molecule has 1 aliphatic rings. The normalized spacial score (nSPS) is 30.4. The molecule has 1 heterocycles. The van der Waals surface area contributed by atoms with Crippen molar-refractivity contribution in [3.8, 4) is 0 Å². The van der Waals surface area contributed by atoms with Gasteiger partial charge in [-0.15, -0.1) is 0 Å². The van der Waals surface area contributed by atoms with Gasteiger partial charge in [0.05, 0.1) is 6.61 Å². The molecule has 0 spiro atoms. The van der Waals surface area contributed by atoms with Crippen LogP contribution in [0.1, 0.15) is 0 Å². The quantitative estimate of drug-likeness (QED) is 0.493. The Morgan fingerprint density at radius 3 is 1.86 bits per heavy atom. The number of hydrogen-bond donors (Lipinski definition) is 0. The molecule has 0 aromatic heterocycles. The van der Waals surface area contributed by atoms with Crippen molar-refractivity contribution < 1.29 is 4.74 Å². The third kappa shape index (κ3) is 2.00. The van der Waals surface area contributed by atoms with Gasteiger partial charge in [0.25, 0.3) is 0 Å². The van der Waals surface area contributed by atoms with Crippen LogP contribution in [0.5, 0.6) is 0 Å². The Labute approximate surface area is 67.2 Å². The van der Waals surface area contributed by atoms with Crippen molar-refractivity contribution in [2.45, 2.75) is 8.25 Å². The summed E-state index contributed by atoms with van der Waals surface area (Å²) in [5, 5.41) is 0. The number of ether oxygens (including phenoxy) is 1. The lowest BCUT2D eigenvalue weighted by Gasteiger charge is -2.04. The molecule has 42 valence electrons. The fraction of sp³-hybridized carbons (Fsp3) is 1.00. The lowest BCUT2D eigenvalue weighted by Crippen LogP contribution is -2.07. The molecule has 4 heteroatoms. The lowest BCUT2D eigenvalue weighted by molar-refractivity contribution is 0.419. The van der Waals surface area contributed by atoms with Crippen molar-refractivity contribution in [1.82, 2.24) is 0 Å². The van der Waals surface area contributed by atoms with E-state index in [1.54, 1.807) is 0 Å². The van der Waals surface area contributed by atoms with Gasteiger partial charge in [-0.3, -0.25) is 0 Å². The van der Waals surface area contributed by atoms with Crippen molar-refractivity contribution in [3.05, 3.63) is 0 Å². The Bertz CT molecular complexity index is 72.7. The topological polar surface area (TPSA) is 12.5 Å². The Morgan fingerprint density at radius 2 is 1.86 bits per heavy atom. The fourth-order valence-electron chi connectivity index (χ4n) is 0.237. The molecule has 7 heavy (non-hydrogen) atoms. The minimum Gasteiger partial charge on any atom is -0.370 e. The van der Waals surface area contributed by atoms with Crippen LogP contribution in [-0.2, 0) is 4.74 Å². The molecule has 1 aliphatic heterocycles. The Morgan fingerprint density at radius 1 is 1.43 bits per heavy atom. The van der Waals surface area contributed by atoms with Gasteiger partial charge in [0.2, 0.25) is 0 Å². The number of epoxide rings is 1. The maximum Gasteiger partial charge on any atom is 0.163 e. The van der Waals surface area contributed by atoms with E-state index in [1.165, 1.54) is 0 Å². The van der Waals surface area contributed by atoms with Crippen molar-refractivity contribution in [3.63, 3.8) is 0 Å². The molecule has 0 N–H and O–H groups in total. The molecular weight excluding hydrogens is 292 g/mol. The summed E-state index contributed by atoms with van der Waals surface area (Å²) in [4.78, 5) is 0. The summed E-state index contributed by atoms with van der Waals surface area (Å²) in [6.07, 6.45) is 0.299. The number of alkyl halides is 3. The molecule has 1 fully saturated rings. The SMILES string of the molecule is BrC(Br)(Br)C1CO1. The van der Waals surface area contributed by atoms with Crippen LogP contribution in [-0.4, -0.2) is 14.9 Å². The van der Waals surface area contributed by atoms with Gasteiger partial charge >= 0.3 is 0 Å². The van der Waals surface area contributed by atoms with Crippen molar-refractivity contribution in [2.75, 3.05) is 6.61 Å². The Kier molecular flexibility index (Phi) is 1.84. The van der Waals surface area contributed by atoms with Gasteiger partial charge < -0.3 is 4.74 Å². The van der Waals surface area contributed by atoms with Crippen LogP contribution in [0.15, 0.2) is 0 Å². The minimum absolute atomic E-state index is 0.174. The first-order chi connectivity index (χ1) is 3.11. The summed E-state index contributed by atoms with van der Waals surface area (Å²) in [7, 11) is 0. The smallest absolute Gasteiger partial charge is 0.163 e. The van der Waals surface area contributed by atoms with Crippen LogP contribution in [0, 0.1) is 0 Å². The largest absolute Gasteiger partial charge is 0.370 e. The number of halogens is 3. The van der Waals surface area contributed by atoms with E-state index in [2.05, 4.69) is 47.8 Å². The first-order valence-corrected chi connectivity index (χ1v) is 4.17. The number of hydrogen-bond acceptors (Lipinski definition) is 1. The third-order valence-electron chi connectivity index (χ3n) is 0.698. The van der Waals surface area contributed by atoms with E-state index in [4.69, 9.17) is 4.74 Å². The highest BCUT2D eigenvalue weighted by atomic mass is 80.0. The molecule has 1 nitrogen and oxygen atoms in total.